The van der Waals surface area contributed by atoms with E-state index in [9.17, 15) is 0 Å². The van der Waals surface area contributed by atoms with E-state index in [0.717, 1.165) is 6.04 Å². The lowest BCUT2D eigenvalue weighted by molar-refractivity contribution is 1.37. The second-order valence-electron chi connectivity index (χ2n) is 0.680. The van der Waals surface area contributed by atoms with Crippen molar-refractivity contribution >= 4 is 33.4 Å². The van der Waals surface area contributed by atoms with Crippen molar-refractivity contribution in [3.8, 4) is 0 Å². The molecule has 0 aliphatic heterocycles. The van der Waals surface area contributed by atoms with Crippen molar-refractivity contribution in [1.82, 2.24) is 0 Å². The summed E-state index contributed by atoms with van der Waals surface area (Å²) in [4.78, 5) is -0.159. The van der Waals surface area contributed by atoms with Gasteiger partial charge in [-0.15, -0.1) is 23.2 Å². The lowest BCUT2D eigenvalue weighted by Gasteiger charge is -1.84. The maximum atomic E-state index is 5.23. The van der Waals surface area contributed by atoms with Crippen molar-refractivity contribution in [2.24, 2.45) is 0 Å². The van der Waals surface area contributed by atoms with E-state index >= 15 is 0 Å². The Morgan fingerprint density at radius 3 is 1.80 bits per heavy atom. The summed E-state index contributed by atoms with van der Waals surface area (Å²) in [6.07, 6.45) is 0. The molecule has 0 amide bonds. The van der Waals surface area contributed by atoms with Crippen molar-refractivity contribution in [2.45, 2.75) is 10.9 Å². The van der Waals surface area contributed by atoms with Crippen LogP contribution in [0.3, 0.4) is 0 Å². The fraction of sp³-hybridized carbons (Fsp3) is 1.00. The average Bonchev–Trinajstić information content (AvgIpc) is 1.38. The zero-order chi connectivity index (χ0) is 4.28. The van der Waals surface area contributed by atoms with Crippen LogP contribution in [0.4, 0.5) is 0 Å². The Morgan fingerprint density at radius 2 is 1.80 bits per heavy atom. The van der Waals surface area contributed by atoms with Crippen LogP contribution in [-0.2, 0) is 0 Å². The highest BCUT2D eigenvalue weighted by Crippen LogP contribution is 2.02. The van der Waals surface area contributed by atoms with Crippen LogP contribution in [0.15, 0.2) is 0 Å². The third kappa shape index (κ3) is 4.80. The molecule has 0 bridgehead atoms. The molecule has 0 aliphatic carbocycles. The van der Waals surface area contributed by atoms with Gasteiger partial charge in [0, 0.05) is 10.2 Å². The van der Waals surface area contributed by atoms with Gasteiger partial charge in [0.15, 0.2) is 0 Å². The highest BCUT2D eigenvalue weighted by Gasteiger charge is 1.86. The minimum atomic E-state index is -0.159. The van der Waals surface area contributed by atoms with Crippen LogP contribution in [0.1, 0.15) is 0 Å². The fourth-order valence-electron chi connectivity index (χ4n) is 0. The van der Waals surface area contributed by atoms with Crippen LogP contribution in [0.5, 0.6) is 0 Å². The molecule has 0 N–H and O–H groups in total. The Labute approximate surface area is 44.9 Å². The van der Waals surface area contributed by atoms with Crippen LogP contribution in [0.2, 0.25) is 6.04 Å². The Hall–Kier alpha value is 0.797. The van der Waals surface area contributed by atoms with Gasteiger partial charge in [-0.2, -0.15) is 0 Å². The van der Waals surface area contributed by atoms with Crippen molar-refractivity contribution in [1.29, 1.82) is 0 Å². The van der Waals surface area contributed by atoms with Gasteiger partial charge in [-0.3, -0.25) is 0 Å². The lowest BCUT2D eigenvalue weighted by Crippen LogP contribution is -1.79. The Kier molecular flexibility index (Phi) is 3.48. The van der Waals surface area contributed by atoms with Gasteiger partial charge < -0.3 is 0 Å². The molecule has 0 aromatic carbocycles. The maximum Gasteiger partial charge on any atom is 0.104 e. The second-order valence-corrected chi connectivity index (χ2v) is 2.53. The molecule has 0 spiro atoms. The zero-order valence-corrected chi connectivity index (χ0v) is 5.67. The van der Waals surface area contributed by atoms with E-state index in [1.807, 2.05) is 0 Å². The topological polar surface area (TPSA) is 0 Å². The molecule has 0 fully saturated rings. The molecule has 3 heteroatoms. The normalized spacial score (nSPS) is 9.60. The summed E-state index contributed by atoms with van der Waals surface area (Å²) >= 11 is 10.5. The van der Waals surface area contributed by atoms with E-state index in [1.54, 1.807) is 10.2 Å². The molecular formula is C2H5Cl2Si. The quantitative estimate of drug-likeness (QED) is 0.362. The first kappa shape index (κ1) is 5.80. The third-order valence-corrected chi connectivity index (χ3v) is 1.96. The van der Waals surface area contributed by atoms with E-state index in [0.29, 0.717) is 0 Å². The lowest BCUT2D eigenvalue weighted by atomic mass is 10.9. The van der Waals surface area contributed by atoms with Gasteiger partial charge in [0.1, 0.15) is 4.84 Å². The Bertz CT molecular complexity index is 21.6. The van der Waals surface area contributed by atoms with E-state index < -0.39 is 0 Å². The van der Waals surface area contributed by atoms with Crippen LogP contribution in [0, 0.1) is 0 Å². The molecule has 0 rings (SSSR count). The van der Waals surface area contributed by atoms with Gasteiger partial charge in [-0.1, -0.05) is 0 Å². The molecule has 0 nitrogen and oxygen atoms in total. The molecular weight excluding hydrogens is 123 g/mol. The second kappa shape index (κ2) is 3.01. The number of halogens is 2. The molecule has 5 heavy (non-hydrogen) atoms. The van der Waals surface area contributed by atoms with Gasteiger partial charge >= 0.3 is 0 Å². The van der Waals surface area contributed by atoms with Gasteiger partial charge in [0.25, 0.3) is 0 Å². The highest BCUT2D eigenvalue weighted by molar-refractivity contribution is 6.46. The first-order valence-corrected chi connectivity index (χ1v) is 3.22. The van der Waals surface area contributed by atoms with Gasteiger partial charge in [0.2, 0.25) is 0 Å². The van der Waals surface area contributed by atoms with Crippen LogP contribution in [-0.4, -0.2) is 15.1 Å². The predicted octanol–water partition coefficient (Wildman–Crippen LogP) is 0.841. The van der Waals surface area contributed by atoms with E-state index in [4.69, 9.17) is 23.2 Å². The van der Waals surface area contributed by atoms with Crippen molar-refractivity contribution < 1.29 is 0 Å². The molecule has 0 saturated heterocycles. The van der Waals surface area contributed by atoms with Crippen LogP contribution < -0.4 is 0 Å². The summed E-state index contributed by atoms with van der Waals surface area (Å²) in [7, 11) is 1.77. The molecule has 0 saturated carbocycles. The summed E-state index contributed by atoms with van der Waals surface area (Å²) in [5.41, 5.74) is 0. The zero-order valence-electron chi connectivity index (χ0n) is 2.75. The monoisotopic (exact) mass is 127 g/mol. The highest BCUT2D eigenvalue weighted by atomic mass is 35.5. The number of rotatable bonds is 1. The van der Waals surface area contributed by atoms with Gasteiger partial charge in [0.05, 0.1) is 0 Å². The van der Waals surface area contributed by atoms with Gasteiger partial charge in [-0.25, -0.2) is 0 Å². The predicted molar refractivity (Wildman–Crippen MR) is 28.8 cm³/mol. The maximum absolute atomic E-state index is 5.23. The number of alkyl halides is 2. The number of hydrogen-bond acceptors (Lipinski definition) is 0. The average molecular weight is 128 g/mol. The first-order chi connectivity index (χ1) is 2.27. The van der Waals surface area contributed by atoms with E-state index in [-0.39, 0.29) is 4.84 Å². The molecule has 0 aromatic rings. The van der Waals surface area contributed by atoms with Crippen LogP contribution in [0.25, 0.3) is 0 Å². The minimum Gasteiger partial charge on any atom is -0.106 e. The minimum absolute atomic E-state index is 0.159. The Balaban J connectivity index is 2.54. The van der Waals surface area contributed by atoms with Crippen LogP contribution >= 0.6 is 23.2 Å². The molecule has 0 atom stereocenters. The smallest absolute Gasteiger partial charge is 0.104 e. The van der Waals surface area contributed by atoms with Gasteiger partial charge in [-0.05, 0) is 6.04 Å². The molecule has 0 aliphatic rings. The Morgan fingerprint density at radius 1 is 1.60 bits per heavy atom. The van der Waals surface area contributed by atoms with E-state index in [2.05, 4.69) is 0 Å². The summed E-state index contributed by atoms with van der Waals surface area (Å²) in [5.74, 6) is 0. The van der Waals surface area contributed by atoms with Crippen molar-refractivity contribution in [3.63, 3.8) is 0 Å². The standard InChI is InChI=1S/C2H5Cl2Si/c3-2(4)1-5/h2H,1,5H2. The SMILES string of the molecule is [SiH2]CC(Cl)Cl. The molecule has 31 valence electrons. The number of hydrogen-bond donors (Lipinski definition) is 0. The fourth-order valence-corrected chi connectivity index (χ4v) is 0. The molecule has 0 aromatic heterocycles. The molecule has 0 heterocycles. The first-order valence-electron chi connectivity index (χ1n) is 1.34. The molecule has 1 radical (unpaired) electrons. The summed E-state index contributed by atoms with van der Waals surface area (Å²) in [6, 6.07) is 0.864. The van der Waals surface area contributed by atoms with Crippen molar-refractivity contribution in [3.05, 3.63) is 0 Å². The summed E-state index contributed by atoms with van der Waals surface area (Å²) in [6.45, 7) is 0. The molecule has 0 unspecified atom stereocenters. The largest absolute Gasteiger partial charge is 0.106 e. The third-order valence-electron chi connectivity index (χ3n) is 0.218. The van der Waals surface area contributed by atoms with Crippen molar-refractivity contribution in [2.75, 3.05) is 0 Å². The summed E-state index contributed by atoms with van der Waals surface area (Å²) < 4.78 is 0. The van der Waals surface area contributed by atoms with E-state index in [1.165, 1.54) is 0 Å². The summed E-state index contributed by atoms with van der Waals surface area (Å²) in [5, 5.41) is 0.